The van der Waals surface area contributed by atoms with Crippen molar-refractivity contribution in [3.8, 4) is 22.8 Å². The molecule has 2 heterocycles. The third-order valence-electron chi connectivity index (χ3n) is 3.43. The molecule has 0 aliphatic carbocycles. The highest BCUT2D eigenvalue weighted by Gasteiger charge is 2.11. The number of imidazole rings is 1. The third-order valence-corrected chi connectivity index (χ3v) is 3.72. The molecule has 2 aromatic carbocycles. The number of hydrogen-bond acceptors (Lipinski definition) is 2. The van der Waals surface area contributed by atoms with Crippen LogP contribution in [0.3, 0.4) is 0 Å². The van der Waals surface area contributed by atoms with Gasteiger partial charge in [-0.25, -0.2) is 9.37 Å². The number of H-pyrrole nitrogens is 2. The van der Waals surface area contributed by atoms with Gasteiger partial charge in [-0.3, -0.25) is 5.10 Å². The fourth-order valence-electron chi connectivity index (χ4n) is 2.33. The van der Waals surface area contributed by atoms with E-state index >= 15 is 0 Å². The highest BCUT2D eigenvalue weighted by molar-refractivity contribution is 6.31. The number of nitrogens with one attached hydrogen (secondary N) is 2. The van der Waals surface area contributed by atoms with E-state index in [2.05, 4.69) is 20.2 Å². The van der Waals surface area contributed by atoms with Crippen LogP contribution < -0.4 is 0 Å². The molecule has 4 aromatic rings. The Kier molecular flexibility index (Phi) is 2.94. The molecule has 6 heteroatoms. The molecule has 4 rings (SSSR count). The van der Waals surface area contributed by atoms with Crippen LogP contribution in [0.2, 0.25) is 5.02 Å². The lowest BCUT2D eigenvalue weighted by Gasteiger charge is -1.92. The summed E-state index contributed by atoms with van der Waals surface area (Å²) in [6.07, 6.45) is 0. The lowest BCUT2D eigenvalue weighted by Crippen LogP contribution is -1.79. The Balaban J connectivity index is 1.78. The molecule has 0 saturated carbocycles. The lowest BCUT2D eigenvalue weighted by molar-refractivity contribution is 0.630. The van der Waals surface area contributed by atoms with Crippen molar-refractivity contribution < 1.29 is 4.39 Å². The van der Waals surface area contributed by atoms with Gasteiger partial charge in [-0.2, -0.15) is 5.10 Å². The van der Waals surface area contributed by atoms with Gasteiger partial charge in [-0.1, -0.05) is 41.9 Å². The van der Waals surface area contributed by atoms with Crippen LogP contribution in [-0.4, -0.2) is 20.2 Å². The van der Waals surface area contributed by atoms with Gasteiger partial charge in [-0.15, -0.1) is 0 Å². The zero-order valence-electron chi connectivity index (χ0n) is 11.3. The van der Waals surface area contributed by atoms with Crippen molar-refractivity contribution >= 4 is 22.6 Å². The van der Waals surface area contributed by atoms with E-state index in [4.69, 9.17) is 11.6 Å². The van der Waals surface area contributed by atoms with Gasteiger partial charge in [0.15, 0.2) is 5.82 Å². The molecule has 108 valence electrons. The number of benzene rings is 2. The van der Waals surface area contributed by atoms with Gasteiger partial charge in [0.25, 0.3) is 0 Å². The average molecular weight is 313 g/mol. The second kappa shape index (κ2) is 4.96. The van der Waals surface area contributed by atoms with Crippen LogP contribution in [0.1, 0.15) is 0 Å². The average Bonchev–Trinajstić information content (AvgIpc) is 3.15. The van der Waals surface area contributed by atoms with Crippen molar-refractivity contribution in [3.63, 3.8) is 0 Å². The van der Waals surface area contributed by atoms with Crippen LogP contribution in [-0.2, 0) is 0 Å². The van der Waals surface area contributed by atoms with E-state index in [1.165, 1.54) is 12.1 Å². The predicted octanol–water partition coefficient (Wildman–Crippen LogP) is 4.41. The van der Waals surface area contributed by atoms with Gasteiger partial charge in [0.05, 0.1) is 21.7 Å². The Bertz CT molecular complexity index is 920. The van der Waals surface area contributed by atoms with E-state index in [0.717, 1.165) is 17.0 Å². The summed E-state index contributed by atoms with van der Waals surface area (Å²) in [5.74, 6) is 0.116. The lowest BCUT2D eigenvalue weighted by atomic mass is 10.1. The zero-order chi connectivity index (χ0) is 15.1. The van der Waals surface area contributed by atoms with E-state index in [-0.39, 0.29) is 5.02 Å². The van der Waals surface area contributed by atoms with Gasteiger partial charge in [0, 0.05) is 11.6 Å². The fraction of sp³-hybridized carbons (Fsp3) is 0. The van der Waals surface area contributed by atoms with Crippen molar-refractivity contribution in [1.82, 2.24) is 20.2 Å². The smallest absolute Gasteiger partial charge is 0.156 e. The number of halogens is 2. The first kappa shape index (κ1) is 13.0. The largest absolute Gasteiger partial charge is 0.337 e. The molecule has 2 aromatic heterocycles. The van der Waals surface area contributed by atoms with Crippen LogP contribution in [0.5, 0.6) is 0 Å². The molecule has 0 unspecified atom stereocenters. The van der Waals surface area contributed by atoms with Gasteiger partial charge >= 0.3 is 0 Å². The third kappa shape index (κ3) is 2.16. The number of nitrogens with zero attached hydrogens (tertiary/aromatic N) is 2. The molecular formula is C16H10ClFN4. The van der Waals surface area contributed by atoms with E-state index in [0.29, 0.717) is 16.9 Å². The standard InChI is InChI=1S/C16H10ClFN4/c17-10-6-13-14(7-11(10)18)20-16(19-13)15-8-12(21-22-15)9-4-2-1-3-5-9/h1-8H,(H,19,20)(H,21,22). The van der Waals surface area contributed by atoms with E-state index in [9.17, 15) is 4.39 Å². The maximum atomic E-state index is 13.5. The summed E-state index contributed by atoms with van der Waals surface area (Å²) in [5.41, 5.74) is 3.76. The van der Waals surface area contributed by atoms with Gasteiger partial charge in [0.1, 0.15) is 11.5 Å². The van der Waals surface area contributed by atoms with Crippen LogP contribution in [0, 0.1) is 5.82 Å². The zero-order valence-corrected chi connectivity index (χ0v) is 12.0. The van der Waals surface area contributed by atoms with Crippen molar-refractivity contribution in [1.29, 1.82) is 0 Å². The first-order valence-corrected chi connectivity index (χ1v) is 7.04. The summed E-state index contributed by atoms with van der Waals surface area (Å²) in [7, 11) is 0. The Morgan fingerprint density at radius 1 is 1.05 bits per heavy atom. The van der Waals surface area contributed by atoms with E-state index in [1.54, 1.807) is 0 Å². The summed E-state index contributed by atoms with van der Waals surface area (Å²) in [4.78, 5) is 7.48. The molecule has 0 amide bonds. The molecule has 0 fully saturated rings. The fourth-order valence-corrected chi connectivity index (χ4v) is 2.49. The normalized spacial score (nSPS) is 11.2. The summed E-state index contributed by atoms with van der Waals surface area (Å²) >= 11 is 5.78. The highest BCUT2D eigenvalue weighted by atomic mass is 35.5. The van der Waals surface area contributed by atoms with Crippen LogP contribution >= 0.6 is 11.6 Å². The SMILES string of the molecule is Fc1cc2[nH]c(-c3cc(-c4ccccc4)n[nH]3)nc2cc1Cl. The summed E-state index contributed by atoms with van der Waals surface area (Å²) in [6, 6.07) is 14.6. The quantitative estimate of drug-likeness (QED) is 0.576. The number of aromatic amines is 2. The molecule has 0 spiro atoms. The Morgan fingerprint density at radius 3 is 2.68 bits per heavy atom. The van der Waals surface area contributed by atoms with Crippen LogP contribution in [0.4, 0.5) is 4.39 Å². The molecule has 0 bridgehead atoms. The van der Waals surface area contributed by atoms with Gasteiger partial charge in [0.2, 0.25) is 0 Å². The Morgan fingerprint density at radius 2 is 1.86 bits per heavy atom. The number of fused-ring (bicyclic) bond motifs is 1. The molecule has 0 radical (unpaired) electrons. The highest BCUT2D eigenvalue weighted by Crippen LogP contribution is 2.26. The van der Waals surface area contributed by atoms with Crippen molar-refractivity contribution in [3.05, 3.63) is 59.4 Å². The van der Waals surface area contributed by atoms with Crippen molar-refractivity contribution in [2.24, 2.45) is 0 Å². The number of hydrogen-bond donors (Lipinski definition) is 2. The second-order valence-corrected chi connectivity index (χ2v) is 5.31. The molecule has 0 aliphatic rings. The van der Waals surface area contributed by atoms with Gasteiger partial charge in [-0.05, 0) is 12.1 Å². The first-order chi connectivity index (χ1) is 10.7. The van der Waals surface area contributed by atoms with E-state index in [1.807, 2.05) is 36.4 Å². The maximum absolute atomic E-state index is 13.5. The first-order valence-electron chi connectivity index (χ1n) is 6.67. The van der Waals surface area contributed by atoms with Crippen LogP contribution in [0.15, 0.2) is 48.5 Å². The topological polar surface area (TPSA) is 57.4 Å². The monoisotopic (exact) mass is 312 g/mol. The summed E-state index contributed by atoms with van der Waals surface area (Å²) in [6.45, 7) is 0. The molecule has 22 heavy (non-hydrogen) atoms. The molecule has 0 saturated heterocycles. The molecular weight excluding hydrogens is 303 g/mol. The van der Waals surface area contributed by atoms with Gasteiger partial charge < -0.3 is 4.98 Å². The molecule has 2 N–H and O–H groups in total. The van der Waals surface area contributed by atoms with Crippen molar-refractivity contribution in [2.45, 2.75) is 0 Å². The minimum absolute atomic E-state index is 0.0557. The summed E-state index contributed by atoms with van der Waals surface area (Å²) < 4.78 is 13.5. The summed E-state index contributed by atoms with van der Waals surface area (Å²) in [5, 5.41) is 7.28. The minimum Gasteiger partial charge on any atom is -0.337 e. The maximum Gasteiger partial charge on any atom is 0.156 e. The molecule has 4 nitrogen and oxygen atoms in total. The molecule has 0 aliphatic heterocycles. The number of aromatic nitrogens is 4. The number of rotatable bonds is 2. The second-order valence-electron chi connectivity index (χ2n) is 4.90. The van der Waals surface area contributed by atoms with E-state index < -0.39 is 5.82 Å². The van der Waals surface area contributed by atoms with Crippen LogP contribution in [0.25, 0.3) is 33.8 Å². The molecule has 0 atom stereocenters. The van der Waals surface area contributed by atoms with Crippen molar-refractivity contribution in [2.75, 3.05) is 0 Å². The minimum atomic E-state index is -0.473. The Hall–Kier alpha value is -2.66. The predicted molar refractivity (Wildman–Crippen MR) is 84.1 cm³/mol. The Labute approximate surface area is 130 Å².